The molecule has 0 unspecified atom stereocenters. The van der Waals surface area contributed by atoms with Crippen molar-refractivity contribution in [2.75, 3.05) is 11.9 Å². The molecule has 1 aliphatic rings. The molecule has 6 heteroatoms. The molecule has 3 rings (SSSR count). The van der Waals surface area contributed by atoms with Gasteiger partial charge in [0.15, 0.2) is 0 Å². The van der Waals surface area contributed by atoms with Gasteiger partial charge in [-0.25, -0.2) is 4.98 Å². The molecule has 2 heterocycles. The van der Waals surface area contributed by atoms with Crippen molar-refractivity contribution in [3.05, 3.63) is 36.3 Å². The van der Waals surface area contributed by atoms with Crippen molar-refractivity contribution in [1.29, 1.82) is 0 Å². The summed E-state index contributed by atoms with van der Waals surface area (Å²) in [4.78, 5) is 16.2. The van der Waals surface area contributed by atoms with Crippen LogP contribution in [0.2, 0.25) is 0 Å². The van der Waals surface area contributed by atoms with Crippen molar-refractivity contribution < 1.29 is 9.53 Å². The molecule has 0 bridgehead atoms. The Balaban J connectivity index is 1.65. The van der Waals surface area contributed by atoms with E-state index in [9.17, 15) is 4.79 Å². The fourth-order valence-corrected chi connectivity index (χ4v) is 1.81. The van der Waals surface area contributed by atoms with E-state index >= 15 is 0 Å². The van der Waals surface area contributed by atoms with Gasteiger partial charge in [0, 0.05) is 31.1 Å². The number of hydrogen-bond donors (Lipinski definition) is 1. The van der Waals surface area contributed by atoms with Crippen LogP contribution in [-0.2, 0) is 7.05 Å². The molecule has 1 N–H and O–H groups in total. The Hall–Kier alpha value is -2.37. The third-order valence-electron chi connectivity index (χ3n) is 3.12. The van der Waals surface area contributed by atoms with Crippen LogP contribution < -0.4 is 10.1 Å². The van der Waals surface area contributed by atoms with Gasteiger partial charge in [0.05, 0.1) is 18.5 Å². The number of carbonyl (C=O) groups excluding carboxylic acids is 1. The molecule has 1 aliphatic carbocycles. The van der Waals surface area contributed by atoms with Crippen molar-refractivity contribution in [3.8, 4) is 5.88 Å². The lowest BCUT2D eigenvalue weighted by Crippen LogP contribution is -2.12. The summed E-state index contributed by atoms with van der Waals surface area (Å²) in [6.45, 7) is 0.681. The minimum Gasteiger partial charge on any atom is -0.477 e. The standard InChI is InChI=1S/C14H16N4O2/c1-18-8-12(7-16-18)17-14(19)11-4-5-15-13(6-11)20-9-10-2-3-10/h4-8,10H,2-3,9H2,1H3,(H,17,19). The molecule has 1 amide bonds. The van der Waals surface area contributed by atoms with Crippen LogP contribution in [-0.4, -0.2) is 27.3 Å². The zero-order chi connectivity index (χ0) is 13.9. The van der Waals surface area contributed by atoms with Gasteiger partial charge in [0.1, 0.15) is 0 Å². The number of rotatable bonds is 5. The summed E-state index contributed by atoms with van der Waals surface area (Å²) in [6.07, 6.45) is 7.37. The van der Waals surface area contributed by atoms with Gasteiger partial charge >= 0.3 is 0 Å². The molecule has 1 saturated carbocycles. The summed E-state index contributed by atoms with van der Waals surface area (Å²) >= 11 is 0. The van der Waals surface area contributed by atoms with E-state index in [0.717, 1.165) is 0 Å². The van der Waals surface area contributed by atoms with Gasteiger partial charge in [-0.15, -0.1) is 0 Å². The highest BCUT2D eigenvalue weighted by molar-refractivity contribution is 6.04. The van der Waals surface area contributed by atoms with Gasteiger partial charge in [0.25, 0.3) is 5.91 Å². The Morgan fingerprint density at radius 2 is 2.40 bits per heavy atom. The molecule has 2 aromatic heterocycles. The SMILES string of the molecule is Cn1cc(NC(=O)c2ccnc(OCC3CC3)c2)cn1. The molecular weight excluding hydrogens is 256 g/mol. The average Bonchev–Trinajstić information content (AvgIpc) is 3.19. The van der Waals surface area contributed by atoms with Gasteiger partial charge in [-0.05, 0) is 24.8 Å². The van der Waals surface area contributed by atoms with Crippen molar-refractivity contribution >= 4 is 11.6 Å². The number of aromatic nitrogens is 3. The summed E-state index contributed by atoms with van der Waals surface area (Å²) in [5.74, 6) is 0.956. The molecular formula is C14H16N4O2. The van der Waals surface area contributed by atoms with Crippen LogP contribution in [0.4, 0.5) is 5.69 Å². The van der Waals surface area contributed by atoms with E-state index in [0.29, 0.717) is 29.7 Å². The normalized spacial score (nSPS) is 14.1. The lowest BCUT2D eigenvalue weighted by Gasteiger charge is -2.06. The first-order chi connectivity index (χ1) is 9.70. The van der Waals surface area contributed by atoms with Gasteiger partial charge in [-0.1, -0.05) is 0 Å². The maximum atomic E-state index is 12.1. The number of amides is 1. The number of pyridine rings is 1. The Morgan fingerprint density at radius 1 is 1.55 bits per heavy atom. The first-order valence-electron chi connectivity index (χ1n) is 6.59. The average molecular weight is 272 g/mol. The molecule has 0 atom stereocenters. The van der Waals surface area contributed by atoms with Crippen LogP contribution in [0, 0.1) is 5.92 Å². The van der Waals surface area contributed by atoms with Crippen LogP contribution in [0.15, 0.2) is 30.7 Å². The summed E-state index contributed by atoms with van der Waals surface area (Å²) in [7, 11) is 1.80. The molecule has 6 nitrogen and oxygen atoms in total. The van der Waals surface area contributed by atoms with Crippen molar-refractivity contribution in [2.24, 2.45) is 13.0 Å². The summed E-state index contributed by atoms with van der Waals surface area (Å²) in [5, 5.41) is 6.78. The van der Waals surface area contributed by atoms with E-state index in [-0.39, 0.29) is 5.91 Å². The zero-order valence-electron chi connectivity index (χ0n) is 11.2. The third kappa shape index (κ3) is 3.14. The fourth-order valence-electron chi connectivity index (χ4n) is 1.81. The number of ether oxygens (including phenoxy) is 1. The second-order valence-corrected chi connectivity index (χ2v) is 4.99. The topological polar surface area (TPSA) is 69.0 Å². The minimum absolute atomic E-state index is 0.198. The molecule has 104 valence electrons. The fraction of sp³-hybridized carbons (Fsp3) is 0.357. The Morgan fingerprint density at radius 3 is 3.10 bits per heavy atom. The lowest BCUT2D eigenvalue weighted by atomic mass is 10.2. The van der Waals surface area contributed by atoms with Crippen LogP contribution >= 0.6 is 0 Å². The predicted molar refractivity (Wildman–Crippen MR) is 73.6 cm³/mol. The second kappa shape index (κ2) is 5.32. The van der Waals surface area contributed by atoms with Crippen molar-refractivity contribution in [1.82, 2.24) is 14.8 Å². The molecule has 1 fully saturated rings. The number of carbonyl (C=O) groups is 1. The first kappa shape index (κ1) is 12.7. The van der Waals surface area contributed by atoms with E-state index in [2.05, 4.69) is 15.4 Å². The number of nitrogens with zero attached hydrogens (tertiary/aromatic N) is 3. The zero-order valence-corrected chi connectivity index (χ0v) is 11.2. The Labute approximate surface area is 116 Å². The molecule has 0 saturated heterocycles. The first-order valence-corrected chi connectivity index (χ1v) is 6.59. The maximum Gasteiger partial charge on any atom is 0.256 e. The predicted octanol–water partition coefficient (Wildman–Crippen LogP) is 1.86. The van der Waals surface area contributed by atoms with Crippen LogP contribution in [0.25, 0.3) is 0 Å². The minimum atomic E-state index is -0.198. The smallest absolute Gasteiger partial charge is 0.256 e. The van der Waals surface area contributed by atoms with Crippen LogP contribution in [0.1, 0.15) is 23.2 Å². The molecule has 20 heavy (non-hydrogen) atoms. The maximum absolute atomic E-state index is 12.1. The number of anilines is 1. The number of aryl methyl sites for hydroxylation is 1. The van der Waals surface area contributed by atoms with Gasteiger partial charge in [-0.3, -0.25) is 9.48 Å². The lowest BCUT2D eigenvalue weighted by molar-refractivity contribution is 0.102. The molecule has 0 aromatic carbocycles. The van der Waals surface area contributed by atoms with E-state index in [1.165, 1.54) is 12.8 Å². The van der Waals surface area contributed by atoms with E-state index in [1.54, 1.807) is 42.5 Å². The van der Waals surface area contributed by atoms with Gasteiger partial charge in [0.2, 0.25) is 5.88 Å². The largest absolute Gasteiger partial charge is 0.477 e. The van der Waals surface area contributed by atoms with E-state index < -0.39 is 0 Å². The van der Waals surface area contributed by atoms with Gasteiger partial charge in [-0.2, -0.15) is 5.10 Å². The molecule has 0 aliphatic heterocycles. The summed E-state index contributed by atoms with van der Waals surface area (Å²) in [5.41, 5.74) is 1.18. The quantitative estimate of drug-likeness (QED) is 0.902. The van der Waals surface area contributed by atoms with Crippen molar-refractivity contribution in [2.45, 2.75) is 12.8 Å². The van der Waals surface area contributed by atoms with Crippen LogP contribution in [0.5, 0.6) is 5.88 Å². The molecule has 0 spiro atoms. The van der Waals surface area contributed by atoms with E-state index in [4.69, 9.17) is 4.74 Å². The summed E-state index contributed by atoms with van der Waals surface area (Å²) in [6, 6.07) is 3.32. The van der Waals surface area contributed by atoms with Crippen LogP contribution in [0.3, 0.4) is 0 Å². The highest BCUT2D eigenvalue weighted by Crippen LogP contribution is 2.29. The number of hydrogen-bond acceptors (Lipinski definition) is 4. The monoisotopic (exact) mass is 272 g/mol. The Bertz CT molecular complexity index is 619. The Kier molecular flexibility index (Phi) is 3.37. The van der Waals surface area contributed by atoms with Gasteiger partial charge < -0.3 is 10.1 Å². The second-order valence-electron chi connectivity index (χ2n) is 4.99. The highest BCUT2D eigenvalue weighted by Gasteiger charge is 2.22. The third-order valence-corrected chi connectivity index (χ3v) is 3.12. The summed E-state index contributed by atoms with van der Waals surface area (Å²) < 4.78 is 7.20. The highest BCUT2D eigenvalue weighted by atomic mass is 16.5. The van der Waals surface area contributed by atoms with E-state index in [1.807, 2.05) is 0 Å². The van der Waals surface area contributed by atoms with Crippen molar-refractivity contribution in [3.63, 3.8) is 0 Å². The molecule has 2 aromatic rings. The molecule has 0 radical (unpaired) electrons. The number of nitrogens with one attached hydrogen (secondary N) is 1.